The van der Waals surface area contributed by atoms with E-state index in [4.69, 9.17) is 4.74 Å². The Balaban J connectivity index is 1.51. The van der Waals surface area contributed by atoms with Crippen LogP contribution in [0.25, 0.3) is 0 Å². The van der Waals surface area contributed by atoms with E-state index < -0.39 is 0 Å². The van der Waals surface area contributed by atoms with Crippen LogP contribution in [0.5, 0.6) is 0 Å². The third kappa shape index (κ3) is 2.04. The van der Waals surface area contributed by atoms with Gasteiger partial charge in [0.1, 0.15) is 0 Å². The van der Waals surface area contributed by atoms with Gasteiger partial charge < -0.3 is 4.74 Å². The van der Waals surface area contributed by atoms with E-state index in [9.17, 15) is 4.79 Å². The SMILES string of the molecule is C=C1CC2C(CCC3(CC)C2CCC32CCCO2)C2CCC(=O)C=C12. The first-order valence-corrected chi connectivity index (χ1v) is 10.7. The number of rotatable bonds is 1. The van der Waals surface area contributed by atoms with E-state index in [1.807, 2.05) is 6.08 Å². The Hall–Kier alpha value is -0.890. The lowest BCUT2D eigenvalue weighted by Gasteiger charge is -2.57. The van der Waals surface area contributed by atoms with Gasteiger partial charge in [0.05, 0.1) is 5.60 Å². The summed E-state index contributed by atoms with van der Waals surface area (Å²) in [5, 5.41) is 0. The second-order valence-electron chi connectivity index (χ2n) is 9.49. The minimum absolute atomic E-state index is 0.192. The zero-order chi connectivity index (χ0) is 17.2. The highest BCUT2D eigenvalue weighted by molar-refractivity contribution is 5.92. The highest BCUT2D eigenvalue weighted by atomic mass is 16.5. The molecule has 4 aliphatic carbocycles. The monoisotopic (exact) mass is 340 g/mol. The maximum absolute atomic E-state index is 11.9. The summed E-state index contributed by atoms with van der Waals surface area (Å²) in [4.78, 5) is 11.9. The molecule has 0 aromatic rings. The molecule has 0 amide bonds. The summed E-state index contributed by atoms with van der Waals surface area (Å²) in [5.41, 5.74) is 3.21. The van der Waals surface area contributed by atoms with Gasteiger partial charge in [0.15, 0.2) is 5.78 Å². The number of allylic oxidation sites excluding steroid dienone is 2. The van der Waals surface area contributed by atoms with Crippen molar-refractivity contribution in [2.45, 2.75) is 76.7 Å². The van der Waals surface area contributed by atoms with Gasteiger partial charge in [-0.05, 0) is 93.1 Å². The molecule has 0 aromatic carbocycles. The number of carbonyl (C=O) groups is 1. The highest BCUT2D eigenvalue weighted by Crippen LogP contribution is 2.69. The van der Waals surface area contributed by atoms with Crippen LogP contribution in [0.4, 0.5) is 0 Å². The Labute approximate surface area is 152 Å². The van der Waals surface area contributed by atoms with Gasteiger partial charge in [-0.3, -0.25) is 4.79 Å². The van der Waals surface area contributed by atoms with Crippen LogP contribution in [0.2, 0.25) is 0 Å². The molecule has 1 saturated heterocycles. The molecule has 0 aromatic heterocycles. The summed E-state index contributed by atoms with van der Waals surface area (Å²) in [6.45, 7) is 7.82. The first-order chi connectivity index (χ1) is 12.1. The highest BCUT2D eigenvalue weighted by Gasteiger charge is 2.65. The molecule has 2 heteroatoms. The Morgan fingerprint density at radius 3 is 2.84 bits per heavy atom. The van der Waals surface area contributed by atoms with E-state index in [-0.39, 0.29) is 5.60 Å². The molecule has 4 fully saturated rings. The predicted molar refractivity (Wildman–Crippen MR) is 99.2 cm³/mol. The van der Waals surface area contributed by atoms with E-state index in [1.165, 1.54) is 56.1 Å². The molecule has 5 aliphatic rings. The van der Waals surface area contributed by atoms with Crippen molar-refractivity contribution < 1.29 is 9.53 Å². The normalized spacial score (nSPS) is 48.9. The Morgan fingerprint density at radius 1 is 1.20 bits per heavy atom. The van der Waals surface area contributed by atoms with Crippen LogP contribution >= 0.6 is 0 Å². The van der Waals surface area contributed by atoms with Crippen LogP contribution in [0.15, 0.2) is 23.8 Å². The average Bonchev–Trinajstić information content (AvgIpc) is 3.22. The molecule has 0 bridgehead atoms. The van der Waals surface area contributed by atoms with Gasteiger partial charge in [0, 0.05) is 18.4 Å². The fourth-order valence-corrected chi connectivity index (χ4v) is 8.08. The molecule has 0 radical (unpaired) electrons. The molecular formula is C23H32O2. The second kappa shape index (κ2) is 5.55. The van der Waals surface area contributed by atoms with Gasteiger partial charge >= 0.3 is 0 Å². The molecule has 6 unspecified atom stereocenters. The Morgan fingerprint density at radius 2 is 2.08 bits per heavy atom. The molecule has 1 heterocycles. The zero-order valence-corrected chi connectivity index (χ0v) is 15.7. The summed E-state index contributed by atoms with van der Waals surface area (Å²) in [6, 6.07) is 0. The minimum Gasteiger partial charge on any atom is -0.374 e. The summed E-state index contributed by atoms with van der Waals surface area (Å²) < 4.78 is 6.51. The molecular weight excluding hydrogens is 308 g/mol. The first kappa shape index (κ1) is 16.3. The number of ketones is 1. The van der Waals surface area contributed by atoms with Gasteiger partial charge in [-0.1, -0.05) is 19.1 Å². The van der Waals surface area contributed by atoms with Crippen molar-refractivity contribution >= 4 is 5.78 Å². The number of carbonyl (C=O) groups excluding carboxylic acids is 1. The zero-order valence-electron chi connectivity index (χ0n) is 15.7. The van der Waals surface area contributed by atoms with Crippen molar-refractivity contribution in [3.8, 4) is 0 Å². The first-order valence-electron chi connectivity index (χ1n) is 10.7. The molecule has 1 aliphatic heterocycles. The molecule has 6 atom stereocenters. The quantitative estimate of drug-likeness (QED) is 0.653. The number of hydrogen-bond donors (Lipinski definition) is 0. The maximum Gasteiger partial charge on any atom is 0.156 e. The summed E-state index contributed by atoms with van der Waals surface area (Å²) >= 11 is 0. The lowest BCUT2D eigenvalue weighted by molar-refractivity contribution is -0.137. The average molecular weight is 341 g/mol. The lowest BCUT2D eigenvalue weighted by atomic mass is 9.48. The van der Waals surface area contributed by atoms with Gasteiger partial charge in [0.2, 0.25) is 0 Å². The second-order valence-corrected chi connectivity index (χ2v) is 9.49. The van der Waals surface area contributed by atoms with Crippen molar-refractivity contribution in [2.75, 3.05) is 6.61 Å². The van der Waals surface area contributed by atoms with Crippen molar-refractivity contribution in [3.05, 3.63) is 23.8 Å². The number of fused-ring (bicyclic) bond motifs is 6. The van der Waals surface area contributed by atoms with Crippen LogP contribution in [-0.4, -0.2) is 18.0 Å². The summed E-state index contributed by atoms with van der Waals surface area (Å²) in [5.74, 6) is 3.31. The van der Waals surface area contributed by atoms with Crippen LogP contribution in [-0.2, 0) is 9.53 Å². The van der Waals surface area contributed by atoms with Crippen LogP contribution in [0, 0.1) is 29.1 Å². The number of ether oxygens (including phenoxy) is 1. The van der Waals surface area contributed by atoms with Crippen molar-refractivity contribution in [2.24, 2.45) is 29.1 Å². The van der Waals surface area contributed by atoms with Crippen LogP contribution < -0.4 is 0 Å². The molecule has 0 N–H and O–H groups in total. The summed E-state index contributed by atoms with van der Waals surface area (Å²) in [7, 11) is 0. The molecule has 1 spiro atoms. The van der Waals surface area contributed by atoms with Gasteiger partial charge in [0.25, 0.3) is 0 Å². The largest absolute Gasteiger partial charge is 0.374 e. The van der Waals surface area contributed by atoms with Crippen molar-refractivity contribution in [1.29, 1.82) is 0 Å². The van der Waals surface area contributed by atoms with E-state index in [1.54, 1.807) is 0 Å². The smallest absolute Gasteiger partial charge is 0.156 e. The number of hydrogen-bond acceptors (Lipinski definition) is 2. The predicted octanol–water partition coefficient (Wildman–Crippen LogP) is 5.23. The topological polar surface area (TPSA) is 26.3 Å². The lowest BCUT2D eigenvalue weighted by Crippen LogP contribution is -2.54. The van der Waals surface area contributed by atoms with E-state index in [2.05, 4.69) is 13.5 Å². The fraction of sp³-hybridized carbons (Fsp3) is 0.783. The van der Waals surface area contributed by atoms with E-state index in [0.29, 0.717) is 17.1 Å². The third-order valence-electron chi connectivity index (χ3n) is 9.03. The van der Waals surface area contributed by atoms with Gasteiger partial charge in [-0.15, -0.1) is 0 Å². The fourth-order valence-electron chi connectivity index (χ4n) is 8.08. The Kier molecular flexibility index (Phi) is 3.62. The maximum atomic E-state index is 11.9. The van der Waals surface area contributed by atoms with Gasteiger partial charge in [-0.2, -0.15) is 0 Å². The van der Waals surface area contributed by atoms with E-state index in [0.717, 1.165) is 43.6 Å². The molecule has 2 nitrogen and oxygen atoms in total. The van der Waals surface area contributed by atoms with Crippen molar-refractivity contribution in [1.82, 2.24) is 0 Å². The van der Waals surface area contributed by atoms with Crippen molar-refractivity contribution in [3.63, 3.8) is 0 Å². The molecule has 5 rings (SSSR count). The van der Waals surface area contributed by atoms with E-state index >= 15 is 0 Å². The standard InChI is InChI=1S/C23H32O2/c1-3-22-10-7-18-17-6-5-16(24)14-19(17)15(2)13-20(18)21(22)8-11-23(22)9-4-12-25-23/h14,17-18,20-21H,2-13H2,1H3. The molecule has 3 saturated carbocycles. The molecule has 136 valence electrons. The third-order valence-corrected chi connectivity index (χ3v) is 9.03. The minimum atomic E-state index is 0.192. The summed E-state index contributed by atoms with van der Waals surface area (Å²) in [6.07, 6.45) is 14.0. The Bertz CT molecular complexity index is 638. The van der Waals surface area contributed by atoms with Crippen LogP contribution in [0.3, 0.4) is 0 Å². The van der Waals surface area contributed by atoms with Crippen LogP contribution in [0.1, 0.15) is 71.1 Å². The van der Waals surface area contributed by atoms with Gasteiger partial charge in [-0.25, -0.2) is 0 Å². The molecule has 25 heavy (non-hydrogen) atoms.